The molecular formula is C18H27N3O2S. The Kier molecular flexibility index (Phi) is 5.54. The number of aryl methyl sites for hydroxylation is 2. The zero-order valence-corrected chi connectivity index (χ0v) is 15.5. The number of aromatic nitrogens is 1. The van der Waals surface area contributed by atoms with Crippen LogP contribution < -0.4 is 0 Å². The predicted octanol–water partition coefficient (Wildman–Crippen LogP) is 2.88. The quantitative estimate of drug-likeness (QED) is 0.843. The minimum Gasteiger partial charge on any atom is -0.339 e. The van der Waals surface area contributed by atoms with Gasteiger partial charge in [0.15, 0.2) is 0 Å². The SMILES string of the molecule is CCc1nc(C)c(C(=O)N2CCN(C(=O)C3CCCCC3)CC2)s1. The van der Waals surface area contributed by atoms with Crippen LogP contribution in [0.25, 0.3) is 0 Å². The maximum Gasteiger partial charge on any atom is 0.265 e. The second-order valence-electron chi connectivity index (χ2n) is 6.83. The molecular weight excluding hydrogens is 322 g/mol. The summed E-state index contributed by atoms with van der Waals surface area (Å²) in [5.74, 6) is 0.607. The van der Waals surface area contributed by atoms with E-state index in [0.717, 1.165) is 34.8 Å². The summed E-state index contributed by atoms with van der Waals surface area (Å²) in [6.45, 7) is 6.57. The lowest BCUT2D eigenvalue weighted by molar-refractivity contribution is -0.138. The molecule has 3 rings (SSSR count). The predicted molar refractivity (Wildman–Crippen MR) is 95.3 cm³/mol. The number of rotatable bonds is 3. The zero-order valence-electron chi connectivity index (χ0n) is 14.7. The first kappa shape index (κ1) is 17.4. The monoisotopic (exact) mass is 349 g/mol. The zero-order chi connectivity index (χ0) is 17.1. The van der Waals surface area contributed by atoms with Gasteiger partial charge in [0.05, 0.1) is 10.7 Å². The van der Waals surface area contributed by atoms with Gasteiger partial charge >= 0.3 is 0 Å². The summed E-state index contributed by atoms with van der Waals surface area (Å²) in [7, 11) is 0. The fourth-order valence-electron chi connectivity index (χ4n) is 3.68. The summed E-state index contributed by atoms with van der Waals surface area (Å²) < 4.78 is 0. The summed E-state index contributed by atoms with van der Waals surface area (Å²) in [4.78, 5) is 34.4. The highest BCUT2D eigenvalue weighted by Crippen LogP contribution is 2.26. The molecule has 0 aromatic carbocycles. The van der Waals surface area contributed by atoms with Crippen LogP contribution in [0.15, 0.2) is 0 Å². The highest BCUT2D eigenvalue weighted by Gasteiger charge is 2.30. The van der Waals surface area contributed by atoms with Gasteiger partial charge in [-0.2, -0.15) is 0 Å². The summed E-state index contributed by atoms with van der Waals surface area (Å²) in [6, 6.07) is 0. The topological polar surface area (TPSA) is 53.5 Å². The van der Waals surface area contributed by atoms with E-state index in [1.165, 1.54) is 30.6 Å². The molecule has 2 aliphatic rings. The molecule has 132 valence electrons. The first-order chi connectivity index (χ1) is 11.6. The molecule has 0 radical (unpaired) electrons. The molecule has 2 fully saturated rings. The van der Waals surface area contributed by atoms with Crippen LogP contribution in [-0.4, -0.2) is 52.8 Å². The number of amides is 2. The Labute approximate surface area is 148 Å². The van der Waals surface area contributed by atoms with Gasteiger partial charge in [0, 0.05) is 32.1 Å². The van der Waals surface area contributed by atoms with Crippen LogP contribution in [-0.2, 0) is 11.2 Å². The molecule has 2 amide bonds. The smallest absolute Gasteiger partial charge is 0.265 e. The average molecular weight is 350 g/mol. The number of piperazine rings is 1. The fraction of sp³-hybridized carbons (Fsp3) is 0.722. The molecule has 0 spiro atoms. The van der Waals surface area contributed by atoms with Crippen molar-refractivity contribution in [1.29, 1.82) is 0 Å². The van der Waals surface area contributed by atoms with Crippen molar-refractivity contribution in [3.8, 4) is 0 Å². The second-order valence-corrected chi connectivity index (χ2v) is 7.91. The van der Waals surface area contributed by atoms with E-state index in [0.29, 0.717) is 32.1 Å². The van der Waals surface area contributed by atoms with Gasteiger partial charge in [-0.3, -0.25) is 9.59 Å². The lowest BCUT2D eigenvalue weighted by atomic mass is 9.88. The maximum atomic E-state index is 12.7. The van der Waals surface area contributed by atoms with E-state index in [1.54, 1.807) is 0 Å². The number of carbonyl (C=O) groups excluding carboxylic acids is 2. The number of carbonyl (C=O) groups is 2. The van der Waals surface area contributed by atoms with Crippen molar-refractivity contribution in [2.75, 3.05) is 26.2 Å². The normalized spacial score (nSPS) is 19.6. The molecule has 1 aliphatic carbocycles. The van der Waals surface area contributed by atoms with Crippen LogP contribution in [0.5, 0.6) is 0 Å². The number of hydrogen-bond acceptors (Lipinski definition) is 4. The molecule has 2 heterocycles. The van der Waals surface area contributed by atoms with E-state index in [1.807, 2.05) is 16.7 Å². The van der Waals surface area contributed by atoms with Crippen molar-refractivity contribution >= 4 is 23.2 Å². The van der Waals surface area contributed by atoms with E-state index in [-0.39, 0.29) is 11.8 Å². The summed E-state index contributed by atoms with van der Waals surface area (Å²) in [5, 5.41) is 1.02. The van der Waals surface area contributed by atoms with Gasteiger partial charge < -0.3 is 9.80 Å². The first-order valence-corrected chi connectivity index (χ1v) is 9.96. The summed E-state index contributed by atoms with van der Waals surface area (Å²) in [6.07, 6.45) is 6.57. The molecule has 0 unspecified atom stereocenters. The van der Waals surface area contributed by atoms with Crippen molar-refractivity contribution in [3.05, 3.63) is 15.6 Å². The Morgan fingerprint density at radius 1 is 1.08 bits per heavy atom. The molecule has 1 aromatic rings. The van der Waals surface area contributed by atoms with Gasteiger partial charge in [0.25, 0.3) is 5.91 Å². The highest BCUT2D eigenvalue weighted by molar-refractivity contribution is 7.13. The van der Waals surface area contributed by atoms with E-state index in [9.17, 15) is 9.59 Å². The Morgan fingerprint density at radius 2 is 1.71 bits per heavy atom. The largest absolute Gasteiger partial charge is 0.339 e. The van der Waals surface area contributed by atoms with Crippen LogP contribution in [0.4, 0.5) is 0 Å². The van der Waals surface area contributed by atoms with Gasteiger partial charge in [-0.25, -0.2) is 4.98 Å². The molecule has 1 saturated heterocycles. The van der Waals surface area contributed by atoms with Crippen LogP contribution in [0.3, 0.4) is 0 Å². The van der Waals surface area contributed by atoms with Crippen molar-refractivity contribution in [3.63, 3.8) is 0 Å². The van der Waals surface area contributed by atoms with Crippen molar-refractivity contribution in [2.24, 2.45) is 5.92 Å². The average Bonchev–Trinajstić information content (AvgIpc) is 3.02. The maximum absolute atomic E-state index is 12.7. The summed E-state index contributed by atoms with van der Waals surface area (Å²) >= 11 is 1.51. The molecule has 6 heteroatoms. The number of hydrogen-bond donors (Lipinski definition) is 0. The molecule has 0 atom stereocenters. The number of nitrogens with zero attached hydrogens (tertiary/aromatic N) is 3. The molecule has 0 N–H and O–H groups in total. The Morgan fingerprint density at radius 3 is 2.29 bits per heavy atom. The molecule has 1 aromatic heterocycles. The van der Waals surface area contributed by atoms with Crippen LogP contribution in [0.1, 0.15) is 59.4 Å². The molecule has 1 saturated carbocycles. The van der Waals surface area contributed by atoms with Crippen molar-refractivity contribution in [2.45, 2.75) is 52.4 Å². The van der Waals surface area contributed by atoms with Crippen LogP contribution in [0, 0.1) is 12.8 Å². The standard InChI is InChI=1S/C18H27N3O2S/c1-3-15-19-13(2)16(24-15)18(23)21-11-9-20(10-12-21)17(22)14-7-5-4-6-8-14/h14H,3-12H2,1-2H3. The molecule has 1 aliphatic heterocycles. The van der Waals surface area contributed by atoms with Gasteiger partial charge in [0.1, 0.15) is 4.88 Å². The Hall–Kier alpha value is -1.43. The first-order valence-electron chi connectivity index (χ1n) is 9.14. The Balaban J connectivity index is 1.57. The van der Waals surface area contributed by atoms with Gasteiger partial charge in [-0.15, -0.1) is 11.3 Å². The summed E-state index contributed by atoms with van der Waals surface area (Å²) in [5.41, 5.74) is 0.836. The third kappa shape index (κ3) is 3.63. The van der Waals surface area contributed by atoms with E-state index >= 15 is 0 Å². The third-order valence-electron chi connectivity index (χ3n) is 5.17. The highest BCUT2D eigenvalue weighted by atomic mass is 32.1. The lowest BCUT2D eigenvalue weighted by Crippen LogP contribution is -2.52. The van der Waals surface area contributed by atoms with E-state index < -0.39 is 0 Å². The van der Waals surface area contributed by atoms with Crippen molar-refractivity contribution in [1.82, 2.24) is 14.8 Å². The van der Waals surface area contributed by atoms with Gasteiger partial charge in [0.2, 0.25) is 5.91 Å². The van der Waals surface area contributed by atoms with Crippen LogP contribution in [0.2, 0.25) is 0 Å². The van der Waals surface area contributed by atoms with Crippen LogP contribution >= 0.6 is 11.3 Å². The molecule has 5 nitrogen and oxygen atoms in total. The molecule has 0 bridgehead atoms. The van der Waals surface area contributed by atoms with E-state index in [4.69, 9.17) is 0 Å². The van der Waals surface area contributed by atoms with Gasteiger partial charge in [-0.1, -0.05) is 26.2 Å². The minimum absolute atomic E-state index is 0.0782. The number of thiazole rings is 1. The van der Waals surface area contributed by atoms with Gasteiger partial charge in [-0.05, 0) is 26.2 Å². The van der Waals surface area contributed by atoms with Crippen molar-refractivity contribution < 1.29 is 9.59 Å². The third-order valence-corrected chi connectivity index (χ3v) is 6.46. The lowest BCUT2D eigenvalue weighted by Gasteiger charge is -2.37. The van der Waals surface area contributed by atoms with E-state index in [2.05, 4.69) is 11.9 Å². The Bertz CT molecular complexity index is 599. The fourth-order valence-corrected chi connectivity index (χ4v) is 4.66. The minimum atomic E-state index is 0.0782. The molecule has 24 heavy (non-hydrogen) atoms. The second kappa shape index (κ2) is 7.64.